The molecule has 94 valence electrons. The van der Waals surface area contributed by atoms with Gasteiger partial charge in [0.2, 0.25) is 0 Å². The molecule has 2 rings (SSSR count). The number of benzene rings is 1. The average Bonchev–Trinajstić information content (AvgIpc) is 2.38. The third kappa shape index (κ3) is 2.51. The summed E-state index contributed by atoms with van der Waals surface area (Å²) in [6, 6.07) is 11.6. The standard InChI is InChI=1S/C13H9BrN4S/c14-8-3-1-2-7(4-8)11-9(5-15)12(17)18-13(19)10(11)6-16/h1-4,9,11,19H,(H2,17,18)/t9?,11-/m1/s1. The lowest BCUT2D eigenvalue weighted by Gasteiger charge is -2.25. The Hall–Kier alpha value is -1.76. The number of allylic oxidation sites excluding steroid dienone is 1. The first-order valence-electron chi connectivity index (χ1n) is 5.41. The zero-order valence-electron chi connectivity index (χ0n) is 9.71. The van der Waals surface area contributed by atoms with Gasteiger partial charge in [-0.3, -0.25) is 0 Å². The largest absolute Gasteiger partial charge is 0.386 e. The molecule has 1 aliphatic rings. The summed E-state index contributed by atoms with van der Waals surface area (Å²) in [4.78, 5) is 3.97. The SMILES string of the molecule is N#CC1=C(S)N=C(N)C(C#N)[C@H]1c1cccc(Br)c1. The highest BCUT2D eigenvalue weighted by Gasteiger charge is 2.34. The molecule has 0 saturated heterocycles. The summed E-state index contributed by atoms with van der Waals surface area (Å²) in [5.74, 6) is -0.895. The van der Waals surface area contributed by atoms with Crippen LogP contribution in [0.4, 0.5) is 0 Å². The van der Waals surface area contributed by atoms with Gasteiger partial charge in [-0.25, -0.2) is 4.99 Å². The number of nitrogens with zero attached hydrogens (tertiary/aromatic N) is 3. The first-order chi connectivity index (χ1) is 9.08. The van der Waals surface area contributed by atoms with E-state index in [0.29, 0.717) is 5.57 Å². The van der Waals surface area contributed by atoms with Crippen LogP contribution < -0.4 is 5.73 Å². The molecule has 0 spiro atoms. The number of halogens is 1. The van der Waals surface area contributed by atoms with Gasteiger partial charge in [0, 0.05) is 10.4 Å². The fourth-order valence-electron chi connectivity index (χ4n) is 2.05. The van der Waals surface area contributed by atoms with Crippen LogP contribution in [0.1, 0.15) is 11.5 Å². The van der Waals surface area contributed by atoms with E-state index in [1.807, 2.05) is 24.3 Å². The minimum atomic E-state index is -0.653. The Bertz CT molecular complexity index is 666. The molecule has 1 aliphatic heterocycles. The molecule has 1 aromatic carbocycles. The molecule has 19 heavy (non-hydrogen) atoms. The number of nitrogens with two attached hydrogens (primary N) is 1. The molecule has 4 nitrogen and oxygen atoms in total. The Kier molecular flexibility index (Phi) is 3.94. The Morgan fingerprint density at radius 2 is 2.11 bits per heavy atom. The van der Waals surface area contributed by atoms with Gasteiger partial charge in [-0.15, -0.1) is 12.6 Å². The zero-order chi connectivity index (χ0) is 14.0. The van der Waals surface area contributed by atoms with E-state index >= 15 is 0 Å². The van der Waals surface area contributed by atoms with Crippen molar-refractivity contribution in [2.45, 2.75) is 5.92 Å². The van der Waals surface area contributed by atoms with Gasteiger partial charge in [0.25, 0.3) is 0 Å². The third-order valence-electron chi connectivity index (χ3n) is 2.91. The van der Waals surface area contributed by atoms with Gasteiger partial charge in [-0.2, -0.15) is 10.5 Å². The molecule has 1 aromatic rings. The van der Waals surface area contributed by atoms with Crippen LogP contribution in [0.15, 0.2) is 44.3 Å². The van der Waals surface area contributed by atoms with Crippen molar-refractivity contribution in [2.75, 3.05) is 0 Å². The molecule has 1 unspecified atom stereocenters. The smallest absolute Gasteiger partial charge is 0.119 e. The highest BCUT2D eigenvalue weighted by molar-refractivity contribution is 9.10. The summed E-state index contributed by atoms with van der Waals surface area (Å²) in [6.45, 7) is 0. The average molecular weight is 333 g/mol. The van der Waals surface area contributed by atoms with Gasteiger partial charge < -0.3 is 5.73 Å². The van der Waals surface area contributed by atoms with Crippen molar-refractivity contribution in [2.24, 2.45) is 16.6 Å². The molecule has 0 aromatic heterocycles. The number of amidine groups is 1. The second-order valence-electron chi connectivity index (χ2n) is 4.03. The number of aliphatic imine (C=N–C) groups is 1. The Labute approximate surface area is 124 Å². The molecule has 0 amide bonds. The van der Waals surface area contributed by atoms with Crippen LogP contribution in [0.2, 0.25) is 0 Å². The van der Waals surface area contributed by atoms with Crippen LogP contribution in [-0.2, 0) is 0 Å². The summed E-state index contributed by atoms with van der Waals surface area (Å²) >= 11 is 7.56. The quantitative estimate of drug-likeness (QED) is 0.775. The topological polar surface area (TPSA) is 86.0 Å². The van der Waals surface area contributed by atoms with Crippen LogP contribution >= 0.6 is 28.6 Å². The first-order valence-corrected chi connectivity index (χ1v) is 6.65. The minimum absolute atomic E-state index is 0.191. The van der Waals surface area contributed by atoms with Crippen molar-refractivity contribution >= 4 is 34.4 Å². The first kappa shape index (κ1) is 13.7. The van der Waals surface area contributed by atoms with Gasteiger partial charge in [0.05, 0.1) is 17.7 Å². The van der Waals surface area contributed by atoms with E-state index in [2.05, 4.69) is 45.7 Å². The number of hydrogen-bond acceptors (Lipinski definition) is 5. The van der Waals surface area contributed by atoms with Crippen LogP contribution in [0.3, 0.4) is 0 Å². The second kappa shape index (κ2) is 5.48. The van der Waals surface area contributed by atoms with E-state index in [1.165, 1.54) is 0 Å². The van der Waals surface area contributed by atoms with Crippen molar-refractivity contribution in [1.29, 1.82) is 10.5 Å². The highest BCUT2D eigenvalue weighted by atomic mass is 79.9. The van der Waals surface area contributed by atoms with Crippen LogP contribution in [0.25, 0.3) is 0 Å². The second-order valence-corrected chi connectivity index (χ2v) is 5.36. The van der Waals surface area contributed by atoms with Gasteiger partial charge in [-0.05, 0) is 17.7 Å². The number of hydrogen-bond donors (Lipinski definition) is 2. The predicted molar refractivity (Wildman–Crippen MR) is 79.2 cm³/mol. The molecule has 2 atom stereocenters. The summed E-state index contributed by atoms with van der Waals surface area (Å²) in [7, 11) is 0. The van der Waals surface area contributed by atoms with Crippen LogP contribution in [0, 0.1) is 28.6 Å². The van der Waals surface area contributed by atoms with E-state index in [0.717, 1.165) is 10.0 Å². The molecule has 0 radical (unpaired) electrons. The normalized spacial score (nSPS) is 22.4. The molecular weight excluding hydrogens is 324 g/mol. The molecule has 0 saturated carbocycles. The molecule has 1 heterocycles. The van der Waals surface area contributed by atoms with Crippen molar-refractivity contribution in [3.63, 3.8) is 0 Å². The highest BCUT2D eigenvalue weighted by Crippen LogP contribution is 2.38. The van der Waals surface area contributed by atoms with Crippen molar-refractivity contribution < 1.29 is 0 Å². The monoisotopic (exact) mass is 332 g/mol. The predicted octanol–water partition coefficient (Wildman–Crippen LogP) is 2.71. The Morgan fingerprint density at radius 3 is 2.68 bits per heavy atom. The van der Waals surface area contributed by atoms with Crippen LogP contribution in [0.5, 0.6) is 0 Å². The Balaban J connectivity index is 2.62. The summed E-state index contributed by atoms with van der Waals surface area (Å²) in [5.41, 5.74) is 6.98. The van der Waals surface area contributed by atoms with Crippen molar-refractivity contribution in [3.8, 4) is 12.1 Å². The molecule has 0 fully saturated rings. The molecule has 6 heteroatoms. The fraction of sp³-hybridized carbons (Fsp3) is 0.154. The van der Waals surface area contributed by atoms with Crippen molar-refractivity contribution in [3.05, 3.63) is 44.9 Å². The lowest BCUT2D eigenvalue weighted by molar-refractivity contribution is 0.709. The van der Waals surface area contributed by atoms with E-state index < -0.39 is 11.8 Å². The van der Waals surface area contributed by atoms with E-state index in [4.69, 9.17) is 5.73 Å². The van der Waals surface area contributed by atoms with Crippen LogP contribution in [-0.4, -0.2) is 5.84 Å². The van der Waals surface area contributed by atoms with Gasteiger partial charge in [0.15, 0.2) is 0 Å². The maximum Gasteiger partial charge on any atom is 0.119 e. The fourth-order valence-corrected chi connectivity index (χ4v) is 2.77. The maximum atomic E-state index is 9.28. The number of thiol groups is 1. The van der Waals surface area contributed by atoms with Gasteiger partial charge in [0.1, 0.15) is 16.8 Å². The summed E-state index contributed by atoms with van der Waals surface area (Å²) < 4.78 is 0.876. The van der Waals surface area contributed by atoms with Gasteiger partial charge >= 0.3 is 0 Å². The van der Waals surface area contributed by atoms with E-state index in [1.54, 1.807) is 0 Å². The van der Waals surface area contributed by atoms with E-state index in [9.17, 15) is 10.5 Å². The zero-order valence-corrected chi connectivity index (χ0v) is 12.2. The summed E-state index contributed by atoms with van der Waals surface area (Å²) in [5, 5.41) is 18.8. The van der Waals surface area contributed by atoms with Gasteiger partial charge in [-0.1, -0.05) is 28.1 Å². The lowest BCUT2D eigenvalue weighted by Crippen LogP contribution is -2.32. The molecular formula is C13H9BrN4S. The summed E-state index contributed by atoms with van der Waals surface area (Å²) in [6.07, 6.45) is 0. The number of rotatable bonds is 1. The van der Waals surface area contributed by atoms with E-state index in [-0.39, 0.29) is 10.9 Å². The molecule has 2 N–H and O–H groups in total. The van der Waals surface area contributed by atoms with Crippen molar-refractivity contribution in [1.82, 2.24) is 0 Å². The molecule has 0 bridgehead atoms. The minimum Gasteiger partial charge on any atom is -0.386 e. The third-order valence-corrected chi connectivity index (χ3v) is 3.74. The Morgan fingerprint density at radius 1 is 1.37 bits per heavy atom. The lowest BCUT2D eigenvalue weighted by atomic mass is 9.80. The molecule has 0 aliphatic carbocycles. The number of nitriles is 2. The maximum absolute atomic E-state index is 9.28.